The third-order valence-electron chi connectivity index (χ3n) is 3.26. The van der Waals surface area contributed by atoms with E-state index < -0.39 is 6.10 Å². The van der Waals surface area contributed by atoms with Gasteiger partial charge in [-0.25, -0.2) is 0 Å². The summed E-state index contributed by atoms with van der Waals surface area (Å²) < 4.78 is 0. The van der Waals surface area contributed by atoms with E-state index in [9.17, 15) is 5.11 Å². The quantitative estimate of drug-likeness (QED) is 0.839. The first kappa shape index (κ1) is 14.7. The van der Waals surface area contributed by atoms with Crippen LogP contribution in [0, 0.1) is 0 Å². The van der Waals surface area contributed by atoms with Crippen LogP contribution in [0.3, 0.4) is 0 Å². The summed E-state index contributed by atoms with van der Waals surface area (Å²) in [5.74, 6) is 0. The molecule has 0 bridgehead atoms. The molecule has 0 amide bonds. The van der Waals surface area contributed by atoms with Gasteiger partial charge in [0.2, 0.25) is 0 Å². The van der Waals surface area contributed by atoms with Gasteiger partial charge in [-0.2, -0.15) is 0 Å². The minimum Gasteiger partial charge on any atom is -0.387 e. The average molecular weight is 271 g/mol. The summed E-state index contributed by atoms with van der Waals surface area (Å²) in [6.45, 7) is 1.87. The Labute approximate surface area is 119 Å². The zero-order valence-corrected chi connectivity index (χ0v) is 11.7. The average Bonchev–Trinajstić information content (AvgIpc) is 2.48. The summed E-state index contributed by atoms with van der Waals surface area (Å²) in [4.78, 5) is 6.18. The highest BCUT2D eigenvalue weighted by Gasteiger charge is 2.11. The first-order valence-corrected chi connectivity index (χ1v) is 6.73. The lowest BCUT2D eigenvalue weighted by atomic mass is 10.1. The second kappa shape index (κ2) is 7.14. The van der Waals surface area contributed by atoms with Crippen LogP contribution in [0.4, 0.5) is 0 Å². The van der Waals surface area contributed by atoms with Crippen LogP contribution in [0.15, 0.2) is 48.8 Å². The zero-order valence-electron chi connectivity index (χ0n) is 11.7. The fourth-order valence-corrected chi connectivity index (χ4v) is 2.14. The maximum Gasteiger partial charge on any atom is 0.0916 e. The minimum atomic E-state index is -0.497. The molecule has 0 spiro atoms. The van der Waals surface area contributed by atoms with Crippen LogP contribution >= 0.6 is 0 Å². The molecule has 0 radical (unpaired) electrons. The number of likely N-dealkylation sites (N-methyl/N-ethyl adjacent to an activating group) is 1. The fraction of sp³-hybridized carbons (Fsp3) is 0.312. The van der Waals surface area contributed by atoms with Gasteiger partial charge >= 0.3 is 0 Å². The molecule has 4 nitrogen and oxygen atoms in total. The van der Waals surface area contributed by atoms with Gasteiger partial charge in [-0.05, 0) is 29.8 Å². The van der Waals surface area contributed by atoms with Gasteiger partial charge in [0.05, 0.1) is 6.10 Å². The van der Waals surface area contributed by atoms with Crippen molar-refractivity contribution in [2.24, 2.45) is 5.73 Å². The Kier molecular flexibility index (Phi) is 5.24. The van der Waals surface area contributed by atoms with E-state index in [1.807, 2.05) is 49.6 Å². The molecule has 1 aromatic heterocycles. The van der Waals surface area contributed by atoms with Crippen molar-refractivity contribution in [1.82, 2.24) is 9.88 Å². The molecule has 0 aliphatic heterocycles. The van der Waals surface area contributed by atoms with Crippen LogP contribution in [-0.2, 0) is 13.1 Å². The van der Waals surface area contributed by atoms with Crippen LogP contribution in [0.1, 0.15) is 22.8 Å². The number of hydrogen-bond acceptors (Lipinski definition) is 4. The van der Waals surface area contributed by atoms with Gasteiger partial charge < -0.3 is 10.8 Å². The monoisotopic (exact) mass is 271 g/mol. The van der Waals surface area contributed by atoms with Gasteiger partial charge in [-0.3, -0.25) is 9.88 Å². The van der Waals surface area contributed by atoms with Crippen LogP contribution in [0.25, 0.3) is 0 Å². The second-order valence-electron chi connectivity index (χ2n) is 5.02. The Bertz CT molecular complexity index is 513. The Hall–Kier alpha value is -1.75. The fourth-order valence-electron chi connectivity index (χ4n) is 2.14. The van der Waals surface area contributed by atoms with E-state index in [1.165, 1.54) is 0 Å². The summed E-state index contributed by atoms with van der Waals surface area (Å²) in [7, 11) is 1.99. The Morgan fingerprint density at radius 2 is 1.95 bits per heavy atom. The molecule has 1 unspecified atom stereocenters. The first-order chi connectivity index (χ1) is 9.69. The molecule has 3 N–H and O–H groups in total. The van der Waals surface area contributed by atoms with Crippen molar-refractivity contribution in [3.05, 3.63) is 65.5 Å². The number of aliphatic hydroxyl groups excluding tert-OH is 1. The number of aromatic nitrogens is 1. The second-order valence-corrected chi connectivity index (χ2v) is 5.02. The molecule has 0 aliphatic carbocycles. The van der Waals surface area contributed by atoms with Crippen LogP contribution in [-0.4, -0.2) is 28.6 Å². The molecule has 0 saturated carbocycles. The largest absolute Gasteiger partial charge is 0.387 e. The minimum absolute atomic E-state index is 0.497. The summed E-state index contributed by atoms with van der Waals surface area (Å²) in [6, 6.07) is 11.7. The molecule has 1 aromatic carbocycles. The molecule has 0 fully saturated rings. The SMILES string of the molecule is CN(Cc1cccnc1)CC(O)c1ccc(CN)cc1. The number of nitrogens with two attached hydrogens (primary N) is 1. The number of benzene rings is 1. The van der Waals surface area contributed by atoms with E-state index in [4.69, 9.17) is 5.73 Å². The lowest BCUT2D eigenvalue weighted by Gasteiger charge is -2.21. The predicted molar refractivity (Wildman–Crippen MR) is 79.9 cm³/mol. The molecule has 1 heterocycles. The van der Waals surface area contributed by atoms with Crippen molar-refractivity contribution in [3.63, 3.8) is 0 Å². The van der Waals surface area contributed by atoms with E-state index in [2.05, 4.69) is 9.88 Å². The van der Waals surface area contributed by atoms with Crippen molar-refractivity contribution in [2.75, 3.05) is 13.6 Å². The number of nitrogens with zero attached hydrogens (tertiary/aromatic N) is 2. The first-order valence-electron chi connectivity index (χ1n) is 6.73. The van der Waals surface area contributed by atoms with Crippen molar-refractivity contribution < 1.29 is 5.11 Å². The Balaban J connectivity index is 1.91. The Morgan fingerprint density at radius 1 is 1.20 bits per heavy atom. The third-order valence-corrected chi connectivity index (χ3v) is 3.26. The van der Waals surface area contributed by atoms with Gasteiger partial charge in [0.1, 0.15) is 0 Å². The van der Waals surface area contributed by atoms with E-state index in [0.717, 1.165) is 23.2 Å². The highest BCUT2D eigenvalue weighted by Crippen LogP contribution is 2.15. The van der Waals surface area contributed by atoms with Crippen LogP contribution in [0.2, 0.25) is 0 Å². The van der Waals surface area contributed by atoms with Gasteiger partial charge in [0.15, 0.2) is 0 Å². The van der Waals surface area contributed by atoms with Crippen molar-refractivity contribution >= 4 is 0 Å². The molecule has 20 heavy (non-hydrogen) atoms. The van der Waals surface area contributed by atoms with Crippen LogP contribution in [0.5, 0.6) is 0 Å². The lowest BCUT2D eigenvalue weighted by Crippen LogP contribution is -2.24. The maximum atomic E-state index is 10.2. The zero-order chi connectivity index (χ0) is 14.4. The topological polar surface area (TPSA) is 62.4 Å². The molecule has 1 atom stereocenters. The normalized spacial score (nSPS) is 12.6. The summed E-state index contributed by atoms with van der Waals surface area (Å²) in [6.07, 6.45) is 3.11. The number of aliphatic hydroxyl groups is 1. The lowest BCUT2D eigenvalue weighted by molar-refractivity contribution is 0.124. The van der Waals surface area contributed by atoms with Gasteiger partial charge in [-0.15, -0.1) is 0 Å². The number of hydrogen-bond donors (Lipinski definition) is 2. The molecular weight excluding hydrogens is 250 g/mol. The highest BCUT2D eigenvalue weighted by atomic mass is 16.3. The molecule has 4 heteroatoms. The summed E-state index contributed by atoms with van der Waals surface area (Å²) in [5, 5.41) is 10.2. The van der Waals surface area contributed by atoms with E-state index >= 15 is 0 Å². The number of pyridine rings is 1. The highest BCUT2D eigenvalue weighted by molar-refractivity contribution is 5.24. The summed E-state index contributed by atoms with van der Waals surface area (Å²) in [5.41, 5.74) is 8.70. The molecule has 2 rings (SSSR count). The van der Waals surface area contributed by atoms with Gasteiger partial charge in [0.25, 0.3) is 0 Å². The molecule has 0 aliphatic rings. The van der Waals surface area contributed by atoms with Gasteiger partial charge in [-0.1, -0.05) is 30.3 Å². The standard InChI is InChI=1S/C16H21N3O/c1-19(11-14-3-2-8-18-10-14)12-16(20)15-6-4-13(9-17)5-7-15/h2-8,10,16,20H,9,11-12,17H2,1H3. The van der Waals surface area contributed by atoms with Crippen molar-refractivity contribution in [3.8, 4) is 0 Å². The molecular formula is C16H21N3O. The maximum absolute atomic E-state index is 10.2. The number of rotatable bonds is 6. The molecule has 106 valence electrons. The molecule has 0 saturated heterocycles. The van der Waals surface area contributed by atoms with Gasteiger partial charge in [0, 0.05) is 32.0 Å². The Morgan fingerprint density at radius 3 is 2.55 bits per heavy atom. The van der Waals surface area contributed by atoms with E-state index in [-0.39, 0.29) is 0 Å². The van der Waals surface area contributed by atoms with Crippen molar-refractivity contribution in [1.29, 1.82) is 0 Å². The van der Waals surface area contributed by atoms with Crippen LogP contribution < -0.4 is 5.73 Å². The summed E-state index contributed by atoms with van der Waals surface area (Å²) >= 11 is 0. The third kappa shape index (κ3) is 4.13. The smallest absolute Gasteiger partial charge is 0.0916 e. The van der Waals surface area contributed by atoms with E-state index in [0.29, 0.717) is 13.1 Å². The predicted octanol–water partition coefficient (Wildman–Crippen LogP) is 1.71. The molecule has 2 aromatic rings. The van der Waals surface area contributed by atoms with Crippen molar-refractivity contribution in [2.45, 2.75) is 19.2 Å². The van der Waals surface area contributed by atoms with E-state index in [1.54, 1.807) is 6.20 Å².